The first-order valence-electron chi connectivity index (χ1n) is 9.91. The van der Waals surface area contributed by atoms with E-state index in [9.17, 15) is 23.4 Å². The molecule has 3 atom stereocenters. The predicted octanol–water partition coefficient (Wildman–Crippen LogP) is 3.02. The van der Waals surface area contributed by atoms with Crippen LogP contribution in [0.2, 0.25) is 0 Å². The zero-order valence-electron chi connectivity index (χ0n) is 16.1. The molecule has 0 radical (unpaired) electrons. The lowest BCUT2D eigenvalue weighted by molar-refractivity contribution is -0.139. The van der Waals surface area contributed by atoms with Crippen LogP contribution in [0.25, 0.3) is 11.2 Å². The van der Waals surface area contributed by atoms with Gasteiger partial charge in [0.1, 0.15) is 6.10 Å². The van der Waals surface area contributed by atoms with Gasteiger partial charge in [-0.05, 0) is 49.6 Å². The summed E-state index contributed by atoms with van der Waals surface area (Å²) < 4.78 is 41.7. The van der Waals surface area contributed by atoms with E-state index in [2.05, 4.69) is 25.6 Å². The number of anilines is 1. The molecule has 2 aliphatic rings. The molecule has 8 nitrogen and oxygen atoms in total. The first-order chi connectivity index (χ1) is 14.8. The fourth-order valence-corrected chi connectivity index (χ4v) is 4.60. The highest BCUT2D eigenvalue weighted by Crippen LogP contribution is 2.40. The third kappa shape index (κ3) is 3.94. The van der Waals surface area contributed by atoms with Crippen molar-refractivity contribution in [3.05, 3.63) is 29.8 Å². The van der Waals surface area contributed by atoms with Crippen LogP contribution >= 0.6 is 11.8 Å². The van der Waals surface area contributed by atoms with Gasteiger partial charge in [0.25, 0.3) is 0 Å². The standard InChI is InChI=1S/C19H19F3N6O2S/c20-19(21,22)10-3-1-2-4-13(10)31-18-24-16(23-9-5-6-9)14-17(25-18)28(27-26-14)11-7-8-12(29)15(11)30/h1-4,9,11-12,15,29-30H,5-8H2,(H,23,24,25)/t11-,12-,15+/m1/s1. The van der Waals surface area contributed by atoms with Crippen LogP contribution in [0.4, 0.5) is 19.0 Å². The molecule has 2 aromatic heterocycles. The fourth-order valence-electron chi connectivity index (χ4n) is 3.70. The van der Waals surface area contributed by atoms with E-state index in [1.807, 2.05) is 0 Å². The third-order valence-corrected chi connectivity index (χ3v) is 6.42. The second-order valence-corrected chi connectivity index (χ2v) is 8.79. The van der Waals surface area contributed by atoms with Crippen molar-refractivity contribution in [1.82, 2.24) is 25.0 Å². The van der Waals surface area contributed by atoms with Gasteiger partial charge >= 0.3 is 6.18 Å². The lowest BCUT2D eigenvalue weighted by atomic mass is 10.2. The van der Waals surface area contributed by atoms with Crippen molar-refractivity contribution in [1.29, 1.82) is 0 Å². The molecule has 3 N–H and O–H groups in total. The number of alkyl halides is 3. The minimum atomic E-state index is -4.50. The van der Waals surface area contributed by atoms with Gasteiger partial charge in [0.2, 0.25) is 0 Å². The maximum absolute atomic E-state index is 13.4. The summed E-state index contributed by atoms with van der Waals surface area (Å²) in [5.41, 5.74) is -0.0707. The van der Waals surface area contributed by atoms with E-state index in [-0.39, 0.29) is 16.1 Å². The molecule has 3 aromatic rings. The summed E-state index contributed by atoms with van der Waals surface area (Å²) in [5, 5.41) is 31.9. The molecule has 164 valence electrons. The number of benzene rings is 1. The second-order valence-electron chi connectivity index (χ2n) is 7.78. The van der Waals surface area contributed by atoms with Gasteiger partial charge in [0, 0.05) is 10.9 Å². The Bertz CT molecular complexity index is 1120. The number of aliphatic hydroxyl groups is 2. The van der Waals surface area contributed by atoms with Crippen LogP contribution in [0, 0.1) is 0 Å². The van der Waals surface area contributed by atoms with E-state index < -0.39 is 30.0 Å². The number of fused-ring (bicyclic) bond motifs is 1. The average molecular weight is 452 g/mol. The molecule has 31 heavy (non-hydrogen) atoms. The highest BCUT2D eigenvalue weighted by atomic mass is 32.2. The summed E-state index contributed by atoms with van der Waals surface area (Å²) in [7, 11) is 0. The SMILES string of the molecule is O[C@@H]1[C@H](O)CC[C@H]1n1nnc2c(NC3CC3)nc(Sc3ccccc3C(F)(F)F)nc21. The van der Waals surface area contributed by atoms with Crippen LogP contribution in [0.15, 0.2) is 34.3 Å². The smallest absolute Gasteiger partial charge is 0.390 e. The molecule has 0 spiro atoms. The van der Waals surface area contributed by atoms with E-state index >= 15 is 0 Å². The highest BCUT2D eigenvalue weighted by molar-refractivity contribution is 7.99. The summed E-state index contributed by atoms with van der Waals surface area (Å²) in [4.78, 5) is 8.84. The Morgan fingerprint density at radius 1 is 1.06 bits per heavy atom. The topological polar surface area (TPSA) is 109 Å². The van der Waals surface area contributed by atoms with E-state index in [1.165, 1.54) is 22.9 Å². The van der Waals surface area contributed by atoms with Gasteiger partial charge in [-0.1, -0.05) is 17.3 Å². The summed E-state index contributed by atoms with van der Waals surface area (Å²) in [5.74, 6) is 0.402. The summed E-state index contributed by atoms with van der Waals surface area (Å²) >= 11 is 0.811. The van der Waals surface area contributed by atoms with Gasteiger partial charge in [-0.2, -0.15) is 13.2 Å². The minimum absolute atomic E-state index is 0.0120. The molecule has 2 heterocycles. The number of rotatable bonds is 5. The van der Waals surface area contributed by atoms with Crippen LogP contribution in [0.3, 0.4) is 0 Å². The quantitative estimate of drug-likeness (QED) is 0.507. The van der Waals surface area contributed by atoms with Crippen molar-refractivity contribution in [2.45, 2.75) is 66.2 Å². The van der Waals surface area contributed by atoms with Crippen molar-refractivity contribution < 1.29 is 23.4 Å². The van der Waals surface area contributed by atoms with E-state index in [0.29, 0.717) is 29.8 Å². The Morgan fingerprint density at radius 2 is 1.84 bits per heavy atom. The van der Waals surface area contributed by atoms with Crippen LogP contribution in [0.5, 0.6) is 0 Å². The number of nitrogens with one attached hydrogen (secondary N) is 1. The molecule has 1 aromatic carbocycles. The molecule has 0 bridgehead atoms. The van der Waals surface area contributed by atoms with Gasteiger partial charge in [-0.15, -0.1) is 5.10 Å². The molecule has 2 aliphatic carbocycles. The van der Waals surface area contributed by atoms with Crippen LogP contribution < -0.4 is 5.32 Å². The van der Waals surface area contributed by atoms with Crippen LogP contribution in [-0.4, -0.2) is 53.4 Å². The van der Waals surface area contributed by atoms with E-state index in [1.54, 1.807) is 0 Å². The van der Waals surface area contributed by atoms with Crippen LogP contribution in [-0.2, 0) is 6.18 Å². The molecule has 2 saturated carbocycles. The maximum atomic E-state index is 13.4. The van der Waals surface area contributed by atoms with Gasteiger partial charge in [-0.25, -0.2) is 14.6 Å². The number of hydrogen-bond donors (Lipinski definition) is 3. The predicted molar refractivity (Wildman–Crippen MR) is 106 cm³/mol. The monoisotopic (exact) mass is 452 g/mol. The van der Waals surface area contributed by atoms with Crippen LogP contribution in [0.1, 0.15) is 37.3 Å². The molecule has 0 aliphatic heterocycles. The van der Waals surface area contributed by atoms with E-state index in [0.717, 1.165) is 30.7 Å². The fraction of sp³-hybridized carbons (Fsp3) is 0.474. The largest absolute Gasteiger partial charge is 0.417 e. The molecule has 2 fully saturated rings. The summed E-state index contributed by atoms with van der Waals surface area (Å²) in [6.45, 7) is 0. The number of aromatic nitrogens is 5. The maximum Gasteiger partial charge on any atom is 0.417 e. The summed E-state index contributed by atoms with van der Waals surface area (Å²) in [6.07, 6.45) is -3.58. The zero-order valence-corrected chi connectivity index (χ0v) is 16.9. The number of halogens is 3. The third-order valence-electron chi connectivity index (χ3n) is 5.48. The van der Waals surface area contributed by atoms with E-state index in [4.69, 9.17) is 0 Å². The van der Waals surface area contributed by atoms with Gasteiger partial charge in [-0.3, -0.25) is 0 Å². The van der Waals surface area contributed by atoms with Gasteiger partial charge < -0.3 is 15.5 Å². The molecule has 0 saturated heterocycles. The Balaban J connectivity index is 1.58. The normalized spacial score (nSPS) is 24.1. The molecule has 5 rings (SSSR count). The lowest BCUT2D eigenvalue weighted by Gasteiger charge is -2.17. The number of aliphatic hydroxyl groups excluding tert-OH is 2. The van der Waals surface area contributed by atoms with Crippen molar-refractivity contribution >= 4 is 28.7 Å². The van der Waals surface area contributed by atoms with Gasteiger partial charge in [0.05, 0.1) is 17.7 Å². The number of nitrogens with zero attached hydrogens (tertiary/aromatic N) is 5. The Kier molecular flexibility index (Phi) is 5.02. The van der Waals surface area contributed by atoms with Gasteiger partial charge in [0.15, 0.2) is 22.1 Å². The molecular weight excluding hydrogens is 433 g/mol. The van der Waals surface area contributed by atoms with Crippen molar-refractivity contribution in [2.24, 2.45) is 0 Å². The molecule has 0 amide bonds. The van der Waals surface area contributed by atoms with Crippen molar-refractivity contribution in [2.75, 3.05) is 5.32 Å². The second kappa shape index (κ2) is 7.61. The highest BCUT2D eigenvalue weighted by Gasteiger charge is 2.37. The first kappa shape index (κ1) is 20.5. The molecular formula is C19H19F3N6O2S. The Labute approximate surface area is 178 Å². The molecule has 12 heteroatoms. The Hall–Kier alpha value is -2.44. The van der Waals surface area contributed by atoms with Crippen molar-refractivity contribution in [3.8, 4) is 0 Å². The lowest BCUT2D eigenvalue weighted by Crippen LogP contribution is -2.28. The Morgan fingerprint density at radius 3 is 2.52 bits per heavy atom. The summed E-state index contributed by atoms with van der Waals surface area (Å²) in [6, 6.07) is 4.96. The average Bonchev–Trinajstić information content (AvgIpc) is 3.35. The number of hydrogen-bond acceptors (Lipinski definition) is 8. The minimum Gasteiger partial charge on any atom is -0.390 e. The first-order valence-corrected chi connectivity index (χ1v) is 10.7. The zero-order chi connectivity index (χ0) is 21.8. The van der Waals surface area contributed by atoms with Crippen molar-refractivity contribution in [3.63, 3.8) is 0 Å². The molecule has 0 unspecified atom stereocenters.